The topological polar surface area (TPSA) is 111 Å². The van der Waals surface area contributed by atoms with Crippen molar-refractivity contribution in [3.8, 4) is 5.75 Å². The summed E-state index contributed by atoms with van der Waals surface area (Å²) >= 11 is 0. The summed E-state index contributed by atoms with van der Waals surface area (Å²) in [6.07, 6.45) is 1.80. The minimum atomic E-state index is -3.76. The van der Waals surface area contributed by atoms with Gasteiger partial charge in [-0.2, -0.15) is 0 Å². The minimum absolute atomic E-state index is 0.0377. The van der Waals surface area contributed by atoms with Gasteiger partial charge in [0.1, 0.15) is 10.6 Å². The summed E-state index contributed by atoms with van der Waals surface area (Å²) in [5.74, 6) is 0.436. The number of nitrogens with zero attached hydrogens (tertiary/aromatic N) is 1. The normalized spacial score (nSPS) is 18.3. The van der Waals surface area contributed by atoms with Gasteiger partial charge in [-0.25, -0.2) is 13.1 Å². The summed E-state index contributed by atoms with van der Waals surface area (Å²) in [5, 5.41) is 14.0. The molecule has 2 N–H and O–H groups in total. The molecule has 0 radical (unpaired) electrons. The molecule has 1 heterocycles. The number of methoxy groups -OCH3 is 1. The second-order valence-electron chi connectivity index (χ2n) is 5.14. The number of nitro groups is 1. The molecule has 1 aliphatic rings. The molecule has 0 spiro atoms. The first-order valence-corrected chi connectivity index (χ1v) is 8.45. The van der Waals surface area contributed by atoms with E-state index in [0.29, 0.717) is 12.5 Å². The van der Waals surface area contributed by atoms with Gasteiger partial charge < -0.3 is 10.1 Å². The van der Waals surface area contributed by atoms with Crippen molar-refractivity contribution >= 4 is 15.7 Å². The molecule has 2 rings (SSSR count). The molecule has 0 aromatic heterocycles. The average molecular weight is 329 g/mol. The number of non-ortho nitro benzene ring substituents is 1. The van der Waals surface area contributed by atoms with E-state index >= 15 is 0 Å². The second kappa shape index (κ2) is 7.03. The van der Waals surface area contributed by atoms with Gasteiger partial charge in [0, 0.05) is 12.6 Å². The van der Waals surface area contributed by atoms with Gasteiger partial charge >= 0.3 is 0 Å². The van der Waals surface area contributed by atoms with Crippen molar-refractivity contribution in [2.24, 2.45) is 5.92 Å². The number of benzene rings is 1. The van der Waals surface area contributed by atoms with Crippen molar-refractivity contribution in [2.45, 2.75) is 17.7 Å². The van der Waals surface area contributed by atoms with Crippen LogP contribution in [0.25, 0.3) is 0 Å². The van der Waals surface area contributed by atoms with E-state index in [1.165, 1.54) is 13.2 Å². The average Bonchev–Trinajstić information content (AvgIpc) is 2.99. The SMILES string of the molecule is COc1cc([N+](=O)[O-])ccc1S(=O)(=O)NCCC1CCNC1. The van der Waals surface area contributed by atoms with Crippen LogP contribution in [-0.4, -0.2) is 40.1 Å². The van der Waals surface area contributed by atoms with Gasteiger partial charge in [0.2, 0.25) is 10.0 Å². The van der Waals surface area contributed by atoms with E-state index in [0.717, 1.165) is 38.1 Å². The molecule has 0 amide bonds. The molecule has 1 aromatic rings. The third kappa shape index (κ3) is 3.93. The van der Waals surface area contributed by atoms with Gasteiger partial charge in [-0.15, -0.1) is 0 Å². The first-order valence-electron chi connectivity index (χ1n) is 6.97. The van der Waals surface area contributed by atoms with Crippen LogP contribution >= 0.6 is 0 Å². The fourth-order valence-corrected chi connectivity index (χ4v) is 3.62. The highest BCUT2D eigenvalue weighted by Crippen LogP contribution is 2.28. The first kappa shape index (κ1) is 16.7. The minimum Gasteiger partial charge on any atom is -0.495 e. The number of rotatable bonds is 7. The quantitative estimate of drug-likeness (QED) is 0.567. The van der Waals surface area contributed by atoms with E-state index in [1.807, 2.05) is 0 Å². The Morgan fingerprint density at radius 1 is 1.50 bits per heavy atom. The Hall–Kier alpha value is -1.71. The van der Waals surface area contributed by atoms with Crippen molar-refractivity contribution in [1.82, 2.24) is 10.0 Å². The second-order valence-corrected chi connectivity index (χ2v) is 6.87. The van der Waals surface area contributed by atoms with Gasteiger partial charge in [-0.1, -0.05) is 0 Å². The molecule has 1 aromatic carbocycles. The highest BCUT2D eigenvalue weighted by molar-refractivity contribution is 7.89. The van der Waals surface area contributed by atoms with Crippen molar-refractivity contribution in [1.29, 1.82) is 0 Å². The molecule has 9 heteroatoms. The molecule has 0 bridgehead atoms. The lowest BCUT2D eigenvalue weighted by Crippen LogP contribution is -2.27. The fraction of sp³-hybridized carbons (Fsp3) is 0.538. The van der Waals surface area contributed by atoms with E-state index in [-0.39, 0.29) is 16.3 Å². The highest BCUT2D eigenvalue weighted by atomic mass is 32.2. The first-order chi connectivity index (χ1) is 10.4. The van der Waals surface area contributed by atoms with Gasteiger partial charge in [-0.05, 0) is 37.9 Å². The predicted molar refractivity (Wildman–Crippen MR) is 80.4 cm³/mol. The molecular formula is C13H19N3O5S. The lowest BCUT2D eigenvalue weighted by Gasteiger charge is -2.12. The number of nitro benzene ring substituents is 1. The monoisotopic (exact) mass is 329 g/mol. The summed E-state index contributed by atoms with van der Waals surface area (Å²) in [5.41, 5.74) is -0.215. The van der Waals surface area contributed by atoms with E-state index in [9.17, 15) is 18.5 Å². The van der Waals surface area contributed by atoms with Crippen molar-refractivity contribution in [3.63, 3.8) is 0 Å². The zero-order valence-electron chi connectivity index (χ0n) is 12.2. The van der Waals surface area contributed by atoms with Crippen LogP contribution < -0.4 is 14.8 Å². The molecular weight excluding hydrogens is 310 g/mol. The summed E-state index contributed by atoms with van der Waals surface area (Å²) in [6.45, 7) is 2.20. The number of hydrogen-bond acceptors (Lipinski definition) is 6. The van der Waals surface area contributed by atoms with E-state index in [2.05, 4.69) is 10.0 Å². The molecule has 0 saturated carbocycles. The maximum Gasteiger partial charge on any atom is 0.273 e. The lowest BCUT2D eigenvalue weighted by molar-refractivity contribution is -0.385. The summed E-state index contributed by atoms with van der Waals surface area (Å²) in [4.78, 5) is 10.0. The van der Waals surface area contributed by atoms with Crippen molar-refractivity contribution < 1.29 is 18.1 Å². The van der Waals surface area contributed by atoms with E-state index < -0.39 is 14.9 Å². The zero-order chi connectivity index (χ0) is 16.2. The Kier molecular flexibility index (Phi) is 5.33. The smallest absolute Gasteiger partial charge is 0.273 e. The maximum atomic E-state index is 12.3. The molecule has 1 saturated heterocycles. The molecule has 0 aliphatic carbocycles. The molecule has 122 valence electrons. The van der Waals surface area contributed by atoms with Gasteiger partial charge in [0.15, 0.2) is 0 Å². The number of nitrogens with one attached hydrogen (secondary N) is 2. The third-order valence-corrected chi connectivity index (χ3v) is 5.16. The molecule has 1 fully saturated rings. The molecule has 22 heavy (non-hydrogen) atoms. The Morgan fingerprint density at radius 3 is 2.86 bits per heavy atom. The Bertz CT molecular complexity index is 641. The Labute approximate surface area is 129 Å². The third-order valence-electron chi connectivity index (χ3n) is 3.65. The van der Waals surface area contributed by atoms with Crippen LogP contribution in [0.3, 0.4) is 0 Å². The van der Waals surface area contributed by atoms with Crippen LogP contribution in [0.4, 0.5) is 5.69 Å². The van der Waals surface area contributed by atoms with Crippen molar-refractivity contribution in [3.05, 3.63) is 28.3 Å². The van der Waals surface area contributed by atoms with E-state index in [4.69, 9.17) is 4.74 Å². The Balaban J connectivity index is 2.08. The molecule has 1 atom stereocenters. The summed E-state index contributed by atoms with van der Waals surface area (Å²) < 4.78 is 32.1. The lowest BCUT2D eigenvalue weighted by atomic mass is 10.1. The van der Waals surface area contributed by atoms with Crippen LogP contribution in [0.15, 0.2) is 23.1 Å². The maximum absolute atomic E-state index is 12.3. The summed E-state index contributed by atoms with van der Waals surface area (Å²) in [6, 6.07) is 3.45. The fourth-order valence-electron chi connectivity index (χ4n) is 2.43. The molecule has 8 nitrogen and oxygen atoms in total. The highest BCUT2D eigenvalue weighted by Gasteiger charge is 2.22. The van der Waals surface area contributed by atoms with Crippen LogP contribution in [0, 0.1) is 16.0 Å². The van der Waals surface area contributed by atoms with Crippen LogP contribution in [0.1, 0.15) is 12.8 Å². The van der Waals surface area contributed by atoms with Gasteiger partial charge in [0.25, 0.3) is 5.69 Å². The number of hydrogen-bond donors (Lipinski definition) is 2. The van der Waals surface area contributed by atoms with Crippen LogP contribution in [0.5, 0.6) is 5.75 Å². The van der Waals surface area contributed by atoms with Crippen LogP contribution in [0.2, 0.25) is 0 Å². The molecule has 1 aliphatic heterocycles. The Morgan fingerprint density at radius 2 is 2.27 bits per heavy atom. The standard InChI is InChI=1S/C13H19N3O5S/c1-21-12-8-11(16(17)18)2-3-13(12)22(19,20)15-7-5-10-4-6-14-9-10/h2-3,8,10,14-15H,4-7,9H2,1H3. The van der Waals surface area contributed by atoms with Gasteiger partial charge in [-0.3, -0.25) is 10.1 Å². The predicted octanol–water partition coefficient (Wildman–Crippen LogP) is 0.881. The largest absolute Gasteiger partial charge is 0.495 e. The zero-order valence-corrected chi connectivity index (χ0v) is 13.1. The van der Waals surface area contributed by atoms with Crippen LogP contribution in [-0.2, 0) is 10.0 Å². The molecule has 1 unspecified atom stereocenters. The van der Waals surface area contributed by atoms with Gasteiger partial charge in [0.05, 0.1) is 18.1 Å². The number of ether oxygens (including phenoxy) is 1. The van der Waals surface area contributed by atoms with E-state index in [1.54, 1.807) is 0 Å². The summed E-state index contributed by atoms with van der Waals surface area (Å²) in [7, 11) is -2.48. The van der Waals surface area contributed by atoms with Crippen molar-refractivity contribution in [2.75, 3.05) is 26.7 Å². The number of sulfonamides is 1.